The molecule has 6 heteroatoms. The van der Waals surface area contributed by atoms with Crippen molar-refractivity contribution in [2.24, 2.45) is 0 Å². The molecular weight excluding hydrogens is 266 g/mol. The highest BCUT2D eigenvalue weighted by Crippen LogP contribution is 2.22. The molecule has 1 unspecified atom stereocenters. The third-order valence-electron chi connectivity index (χ3n) is 2.92. The Morgan fingerprint density at radius 1 is 1.32 bits per heavy atom. The van der Waals surface area contributed by atoms with Gasteiger partial charge in [-0.3, -0.25) is 9.52 Å². The summed E-state index contributed by atoms with van der Waals surface area (Å²) in [6.07, 6.45) is 0.695. The van der Waals surface area contributed by atoms with Crippen LogP contribution in [0, 0.1) is 0 Å². The molecule has 1 aromatic rings. The van der Waals surface area contributed by atoms with Gasteiger partial charge in [-0.1, -0.05) is 19.1 Å². The molecule has 0 saturated heterocycles. The second kappa shape index (κ2) is 6.56. The van der Waals surface area contributed by atoms with Crippen LogP contribution in [0.3, 0.4) is 0 Å². The molecular formula is C13H19NO4S. The lowest BCUT2D eigenvalue weighted by Gasteiger charge is -2.12. The summed E-state index contributed by atoms with van der Waals surface area (Å²) in [4.78, 5) is 10.5. The van der Waals surface area contributed by atoms with Crippen molar-refractivity contribution in [1.82, 2.24) is 0 Å². The Hall–Kier alpha value is -1.56. The third-order valence-corrected chi connectivity index (χ3v) is 4.23. The van der Waals surface area contributed by atoms with Crippen molar-refractivity contribution in [1.29, 1.82) is 0 Å². The van der Waals surface area contributed by atoms with E-state index in [-0.39, 0.29) is 18.1 Å². The minimum atomic E-state index is -3.25. The van der Waals surface area contributed by atoms with E-state index < -0.39 is 16.0 Å². The fourth-order valence-electron chi connectivity index (χ4n) is 1.64. The number of anilines is 1. The maximum absolute atomic E-state index is 11.4. The van der Waals surface area contributed by atoms with Crippen molar-refractivity contribution >= 4 is 21.7 Å². The van der Waals surface area contributed by atoms with Crippen molar-refractivity contribution in [2.75, 3.05) is 10.5 Å². The molecule has 0 saturated carbocycles. The molecule has 1 atom stereocenters. The van der Waals surface area contributed by atoms with Gasteiger partial charge < -0.3 is 5.11 Å². The Labute approximate surface area is 113 Å². The van der Waals surface area contributed by atoms with E-state index in [2.05, 4.69) is 4.72 Å². The van der Waals surface area contributed by atoms with Gasteiger partial charge in [-0.2, -0.15) is 0 Å². The first-order valence-corrected chi connectivity index (χ1v) is 7.81. The first-order valence-electron chi connectivity index (χ1n) is 6.16. The zero-order chi connectivity index (χ0) is 14.5. The monoisotopic (exact) mass is 285 g/mol. The minimum Gasteiger partial charge on any atom is -0.481 e. The number of nitrogens with one attached hydrogen (secondary N) is 1. The number of hydrogen-bond donors (Lipinski definition) is 2. The van der Waals surface area contributed by atoms with Crippen LogP contribution in [-0.4, -0.2) is 25.2 Å². The highest BCUT2D eigenvalue weighted by atomic mass is 32.2. The number of aliphatic carboxylic acids is 1. The maximum Gasteiger partial charge on any atom is 0.303 e. The van der Waals surface area contributed by atoms with E-state index in [4.69, 9.17) is 5.11 Å². The Balaban J connectivity index is 2.68. The van der Waals surface area contributed by atoms with Crippen molar-refractivity contribution < 1.29 is 18.3 Å². The fourth-order valence-corrected chi connectivity index (χ4v) is 2.28. The molecule has 1 rings (SSSR count). The van der Waals surface area contributed by atoms with Crippen LogP contribution in [0.25, 0.3) is 0 Å². The Morgan fingerprint density at radius 2 is 1.89 bits per heavy atom. The molecule has 0 bridgehead atoms. The molecule has 106 valence electrons. The van der Waals surface area contributed by atoms with Gasteiger partial charge in [0.25, 0.3) is 0 Å². The summed E-state index contributed by atoms with van der Waals surface area (Å²) >= 11 is 0. The maximum atomic E-state index is 11.4. The molecule has 0 fully saturated rings. The zero-order valence-corrected chi connectivity index (χ0v) is 11.9. The van der Waals surface area contributed by atoms with Crippen LogP contribution in [0.15, 0.2) is 24.3 Å². The van der Waals surface area contributed by atoms with Gasteiger partial charge in [0.05, 0.1) is 5.75 Å². The third kappa shape index (κ3) is 5.30. The fraction of sp³-hybridized carbons (Fsp3) is 0.462. The van der Waals surface area contributed by atoms with Crippen molar-refractivity contribution in [3.8, 4) is 0 Å². The van der Waals surface area contributed by atoms with Gasteiger partial charge in [0.1, 0.15) is 0 Å². The summed E-state index contributed by atoms with van der Waals surface area (Å²) in [5.74, 6) is -0.642. The average molecular weight is 285 g/mol. The number of carbonyl (C=O) groups is 1. The molecule has 0 aliphatic heterocycles. The van der Waals surface area contributed by atoms with Crippen molar-refractivity contribution in [2.45, 2.75) is 32.6 Å². The topological polar surface area (TPSA) is 83.5 Å². The summed E-state index contributed by atoms with van der Waals surface area (Å²) in [6, 6.07) is 7.03. The summed E-state index contributed by atoms with van der Waals surface area (Å²) in [5, 5.41) is 8.63. The second-order valence-electron chi connectivity index (χ2n) is 4.46. The van der Waals surface area contributed by atoms with Gasteiger partial charge in [0.15, 0.2) is 0 Å². The van der Waals surface area contributed by atoms with Crippen LogP contribution in [0.1, 0.15) is 38.2 Å². The molecule has 19 heavy (non-hydrogen) atoms. The van der Waals surface area contributed by atoms with Crippen LogP contribution < -0.4 is 4.72 Å². The number of sulfonamides is 1. The molecule has 0 spiro atoms. The van der Waals surface area contributed by atoms with E-state index in [0.29, 0.717) is 12.1 Å². The van der Waals surface area contributed by atoms with Crippen LogP contribution in [0.4, 0.5) is 5.69 Å². The number of benzene rings is 1. The first kappa shape index (κ1) is 15.5. The smallest absolute Gasteiger partial charge is 0.303 e. The highest BCUT2D eigenvalue weighted by molar-refractivity contribution is 7.92. The molecule has 0 amide bonds. The van der Waals surface area contributed by atoms with Crippen LogP contribution >= 0.6 is 0 Å². The summed E-state index contributed by atoms with van der Waals surface area (Å²) in [7, 11) is -3.25. The van der Waals surface area contributed by atoms with E-state index >= 15 is 0 Å². The Kier molecular flexibility index (Phi) is 5.35. The van der Waals surface area contributed by atoms with Crippen LogP contribution in [0.5, 0.6) is 0 Å². The number of carboxylic acids is 1. The van der Waals surface area contributed by atoms with E-state index in [0.717, 1.165) is 5.56 Å². The largest absolute Gasteiger partial charge is 0.481 e. The molecule has 0 aliphatic carbocycles. The minimum absolute atomic E-state index is 0.0315. The SMILES string of the molecule is CCS(=O)(=O)Nc1ccc(C(C)CCC(=O)O)cc1. The van der Waals surface area contributed by atoms with Gasteiger partial charge in [0, 0.05) is 12.1 Å². The quantitative estimate of drug-likeness (QED) is 0.806. The van der Waals surface area contributed by atoms with E-state index in [1.807, 2.05) is 19.1 Å². The second-order valence-corrected chi connectivity index (χ2v) is 6.47. The lowest BCUT2D eigenvalue weighted by atomic mass is 9.96. The molecule has 0 aliphatic rings. The summed E-state index contributed by atoms with van der Waals surface area (Å²) in [6.45, 7) is 3.53. The molecule has 1 aromatic carbocycles. The standard InChI is InChI=1S/C13H19NO4S/c1-3-19(17,18)14-12-7-5-11(6-8-12)10(2)4-9-13(15)16/h5-8,10,14H,3-4,9H2,1-2H3,(H,15,16). The predicted molar refractivity (Wildman–Crippen MR) is 74.8 cm³/mol. The Morgan fingerprint density at radius 3 is 2.37 bits per heavy atom. The zero-order valence-electron chi connectivity index (χ0n) is 11.1. The molecule has 2 N–H and O–H groups in total. The Bertz CT molecular complexity index is 522. The van der Waals surface area contributed by atoms with Crippen molar-refractivity contribution in [3.63, 3.8) is 0 Å². The van der Waals surface area contributed by atoms with Crippen LogP contribution in [0.2, 0.25) is 0 Å². The van der Waals surface area contributed by atoms with E-state index in [1.54, 1.807) is 19.1 Å². The van der Waals surface area contributed by atoms with Gasteiger partial charge in [-0.05, 0) is 37.0 Å². The van der Waals surface area contributed by atoms with Gasteiger partial charge in [0.2, 0.25) is 10.0 Å². The number of rotatable bonds is 7. The molecule has 0 aromatic heterocycles. The van der Waals surface area contributed by atoms with Gasteiger partial charge in [-0.25, -0.2) is 8.42 Å². The molecule has 5 nitrogen and oxygen atoms in total. The van der Waals surface area contributed by atoms with E-state index in [1.165, 1.54) is 0 Å². The number of carboxylic acid groups (broad SMARTS) is 1. The van der Waals surface area contributed by atoms with Gasteiger partial charge >= 0.3 is 5.97 Å². The summed E-state index contributed by atoms with van der Waals surface area (Å²) in [5.41, 5.74) is 1.52. The average Bonchev–Trinajstić information content (AvgIpc) is 2.36. The van der Waals surface area contributed by atoms with E-state index in [9.17, 15) is 13.2 Å². The summed E-state index contributed by atoms with van der Waals surface area (Å²) < 4.78 is 25.2. The first-order chi connectivity index (χ1) is 8.84. The lowest BCUT2D eigenvalue weighted by molar-refractivity contribution is -0.137. The number of hydrogen-bond acceptors (Lipinski definition) is 3. The molecule has 0 radical (unpaired) electrons. The lowest BCUT2D eigenvalue weighted by Crippen LogP contribution is -2.14. The highest BCUT2D eigenvalue weighted by Gasteiger charge is 2.10. The molecule has 0 heterocycles. The van der Waals surface area contributed by atoms with Crippen molar-refractivity contribution in [3.05, 3.63) is 29.8 Å². The predicted octanol–water partition coefficient (Wildman–Crippen LogP) is 2.42. The van der Waals surface area contributed by atoms with Crippen LogP contribution in [-0.2, 0) is 14.8 Å². The normalized spacial score (nSPS) is 12.9. The van der Waals surface area contributed by atoms with Gasteiger partial charge in [-0.15, -0.1) is 0 Å².